The van der Waals surface area contributed by atoms with Crippen LogP contribution in [0, 0.1) is 5.41 Å². The first-order valence-corrected chi connectivity index (χ1v) is 5.89. The topological polar surface area (TPSA) is 26.3 Å². The zero-order valence-corrected chi connectivity index (χ0v) is 8.87. The van der Waals surface area contributed by atoms with Gasteiger partial charge in [0.15, 0.2) is 0 Å². The lowest BCUT2D eigenvalue weighted by molar-refractivity contribution is -0.139. The number of hydrogen-bond acceptors (Lipinski definition) is 2. The van der Waals surface area contributed by atoms with Crippen molar-refractivity contribution in [3.05, 3.63) is 23.8 Å². The van der Waals surface area contributed by atoms with Gasteiger partial charge in [-0.2, -0.15) is 0 Å². The highest BCUT2D eigenvalue weighted by atomic mass is 16.5. The van der Waals surface area contributed by atoms with Crippen LogP contribution < -0.4 is 0 Å². The molecule has 1 saturated carbocycles. The number of hydrogen-bond donors (Lipinski definition) is 0. The minimum atomic E-state index is -0.160. The molecule has 1 spiro atoms. The SMILES string of the molecule is O=C1C=C2C=CC3(CCCCC3)CC2O1. The van der Waals surface area contributed by atoms with Crippen LogP contribution in [0.1, 0.15) is 38.5 Å². The highest BCUT2D eigenvalue weighted by Crippen LogP contribution is 2.46. The van der Waals surface area contributed by atoms with Gasteiger partial charge < -0.3 is 4.74 Å². The molecule has 0 radical (unpaired) electrons. The van der Waals surface area contributed by atoms with Gasteiger partial charge in [-0.25, -0.2) is 4.79 Å². The van der Waals surface area contributed by atoms with Crippen LogP contribution in [0.25, 0.3) is 0 Å². The van der Waals surface area contributed by atoms with Crippen LogP contribution in [0.5, 0.6) is 0 Å². The molecule has 1 fully saturated rings. The summed E-state index contributed by atoms with van der Waals surface area (Å²) in [6.45, 7) is 0. The van der Waals surface area contributed by atoms with Gasteiger partial charge in [-0.05, 0) is 30.3 Å². The normalized spacial score (nSPS) is 32.4. The summed E-state index contributed by atoms with van der Waals surface area (Å²) in [4.78, 5) is 11.1. The average molecular weight is 204 g/mol. The summed E-state index contributed by atoms with van der Waals surface area (Å²) in [5, 5.41) is 0. The second-order valence-electron chi connectivity index (χ2n) is 5.03. The Labute approximate surface area is 90.0 Å². The monoisotopic (exact) mass is 204 g/mol. The first-order valence-electron chi connectivity index (χ1n) is 5.89. The van der Waals surface area contributed by atoms with Gasteiger partial charge in [0.25, 0.3) is 0 Å². The average Bonchev–Trinajstić information content (AvgIpc) is 2.58. The van der Waals surface area contributed by atoms with Crippen LogP contribution in [-0.2, 0) is 9.53 Å². The van der Waals surface area contributed by atoms with Gasteiger partial charge in [-0.3, -0.25) is 0 Å². The lowest BCUT2D eigenvalue weighted by Gasteiger charge is -2.39. The van der Waals surface area contributed by atoms with E-state index in [9.17, 15) is 4.79 Å². The fraction of sp³-hybridized carbons (Fsp3) is 0.615. The van der Waals surface area contributed by atoms with Crippen molar-refractivity contribution in [2.45, 2.75) is 44.6 Å². The predicted molar refractivity (Wildman–Crippen MR) is 57.2 cm³/mol. The minimum absolute atomic E-state index is 0.0561. The van der Waals surface area contributed by atoms with Crippen molar-refractivity contribution < 1.29 is 9.53 Å². The molecule has 15 heavy (non-hydrogen) atoms. The van der Waals surface area contributed by atoms with Gasteiger partial charge in [0.2, 0.25) is 0 Å². The molecule has 2 heteroatoms. The van der Waals surface area contributed by atoms with Gasteiger partial charge in [0, 0.05) is 6.08 Å². The van der Waals surface area contributed by atoms with Crippen molar-refractivity contribution in [2.24, 2.45) is 5.41 Å². The van der Waals surface area contributed by atoms with E-state index in [4.69, 9.17) is 4.74 Å². The molecule has 1 unspecified atom stereocenters. The fourth-order valence-corrected chi connectivity index (χ4v) is 3.12. The Morgan fingerprint density at radius 3 is 2.87 bits per heavy atom. The highest BCUT2D eigenvalue weighted by molar-refractivity contribution is 5.86. The summed E-state index contributed by atoms with van der Waals surface area (Å²) in [7, 11) is 0. The number of carbonyl (C=O) groups excluding carboxylic acids is 1. The maximum Gasteiger partial charge on any atom is 0.331 e. The van der Waals surface area contributed by atoms with Crippen LogP contribution in [0.4, 0.5) is 0 Å². The van der Waals surface area contributed by atoms with Crippen LogP contribution in [0.15, 0.2) is 23.8 Å². The lowest BCUT2D eigenvalue weighted by Crippen LogP contribution is -2.31. The van der Waals surface area contributed by atoms with Crippen molar-refractivity contribution in [3.8, 4) is 0 Å². The van der Waals surface area contributed by atoms with Gasteiger partial charge in [-0.15, -0.1) is 0 Å². The van der Waals surface area contributed by atoms with E-state index in [0.717, 1.165) is 12.0 Å². The Hall–Kier alpha value is -1.05. The summed E-state index contributed by atoms with van der Waals surface area (Å²) in [5.74, 6) is -0.160. The molecule has 1 atom stereocenters. The van der Waals surface area contributed by atoms with E-state index < -0.39 is 0 Å². The third-order valence-corrected chi connectivity index (χ3v) is 3.99. The van der Waals surface area contributed by atoms with Crippen LogP contribution in [0.3, 0.4) is 0 Å². The molecule has 0 aromatic rings. The van der Waals surface area contributed by atoms with E-state index in [-0.39, 0.29) is 12.1 Å². The Morgan fingerprint density at radius 1 is 1.27 bits per heavy atom. The largest absolute Gasteiger partial charge is 0.454 e. The molecule has 1 aliphatic heterocycles. The van der Waals surface area contributed by atoms with Crippen molar-refractivity contribution in [2.75, 3.05) is 0 Å². The molecule has 2 nitrogen and oxygen atoms in total. The molecule has 0 saturated heterocycles. The third kappa shape index (κ3) is 1.52. The van der Waals surface area contributed by atoms with Crippen molar-refractivity contribution in [1.82, 2.24) is 0 Å². The number of allylic oxidation sites excluding steroid dienone is 1. The molecular weight excluding hydrogens is 188 g/mol. The van der Waals surface area contributed by atoms with Crippen LogP contribution in [0.2, 0.25) is 0 Å². The van der Waals surface area contributed by atoms with Gasteiger partial charge >= 0.3 is 5.97 Å². The Balaban J connectivity index is 1.84. The van der Waals surface area contributed by atoms with Gasteiger partial charge in [0.05, 0.1) is 0 Å². The van der Waals surface area contributed by atoms with E-state index in [1.807, 2.05) is 0 Å². The molecular formula is C13H16O2. The molecule has 0 aromatic carbocycles. The minimum Gasteiger partial charge on any atom is -0.454 e. The van der Waals surface area contributed by atoms with E-state index in [1.54, 1.807) is 6.08 Å². The van der Waals surface area contributed by atoms with Crippen molar-refractivity contribution in [3.63, 3.8) is 0 Å². The first-order chi connectivity index (χ1) is 7.27. The molecule has 0 bridgehead atoms. The Bertz CT molecular complexity index is 346. The molecule has 1 heterocycles. The molecule has 0 N–H and O–H groups in total. The second kappa shape index (κ2) is 3.22. The molecule has 3 aliphatic rings. The van der Waals surface area contributed by atoms with Gasteiger partial charge in [-0.1, -0.05) is 31.4 Å². The van der Waals surface area contributed by atoms with E-state index in [0.29, 0.717) is 5.41 Å². The van der Waals surface area contributed by atoms with E-state index in [1.165, 1.54) is 32.1 Å². The molecule has 80 valence electrons. The van der Waals surface area contributed by atoms with Gasteiger partial charge in [0.1, 0.15) is 6.10 Å². The highest BCUT2D eigenvalue weighted by Gasteiger charge is 2.39. The zero-order chi connectivity index (χ0) is 10.3. The molecule has 3 rings (SSSR count). The molecule has 0 amide bonds. The van der Waals surface area contributed by atoms with Crippen molar-refractivity contribution >= 4 is 5.97 Å². The lowest BCUT2D eigenvalue weighted by atomic mass is 9.67. The van der Waals surface area contributed by atoms with Crippen molar-refractivity contribution in [1.29, 1.82) is 0 Å². The number of rotatable bonds is 0. The summed E-state index contributed by atoms with van der Waals surface area (Å²) in [6, 6.07) is 0. The van der Waals surface area contributed by atoms with Crippen LogP contribution in [-0.4, -0.2) is 12.1 Å². The third-order valence-electron chi connectivity index (χ3n) is 3.99. The Morgan fingerprint density at radius 2 is 2.07 bits per heavy atom. The molecule has 0 aromatic heterocycles. The quantitative estimate of drug-likeness (QED) is 0.567. The summed E-state index contributed by atoms with van der Waals surface area (Å²) < 4.78 is 5.31. The summed E-state index contributed by atoms with van der Waals surface area (Å²) in [5.41, 5.74) is 1.42. The number of ether oxygens (including phenoxy) is 1. The smallest absolute Gasteiger partial charge is 0.331 e. The standard InChI is InChI=1S/C13H16O2/c14-12-8-10-4-7-13(9-11(10)15-12)5-2-1-3-6-13/h4,7-8,11H,1-3,5-6,9H2. The van der Waals surface area contributed by atoms with Crippen LogP contribution >= 0.6 is 0 Å². The number of fused-ring (bicyclic) bond motifs is 1. The predicted octanol–water partition coefficient (Wildman–Crippen LogP) is 2.75. The maximum atomic E-state index is 11.1. The summed E-state index contributed by atoms with van der Waals surface area (Å²) >= 11 is 0. The maximum absolute atomic E-state index is 11.1. The second-order valence-corrected chi connectivity index (χ2v) is 5.03. The summed E-state index contributed by atoms with van der Waals surface area (Å²) in [6.07, 6.45) is 13.7. The molecule has 2 aliphatic carbocycles. The number of esters is 1. The first kappa shape index (κ1) is 9.20. The zero-order valence-electron chi connectivity index (χ0n) is 8.87. The Kier molecular flexibility index (Phi) is 1.98. The van der Waals surface area contributed by atoms with E-state index in [2.05, 4.69) is 12.2 Å². The fourth-order valence-electron chi connectivity index (χ4n) is 3.12. The van der Waals surface area contributed by atoms with E-state index >= 15 is 0 Å². The number of carbonyl (C=O) groups is 1.